The monoisotopic (exact) mass is 1130 g/mol. The van der Waals surface area contributed by atoms with Crippen LogP contribution in [-0.4, -0.2) is 185 Å². The molecule has 4 rings (SSSR count). The fourth-order valence-electron chi connectivity index (χ4n) is 8.26. The Hall–Kier alpha value is -6.78. The first-order valence-electron chi connectivity index (χ1n) is 24.5. The average molecular weight is 1130 g/mol. The fourth-order valence-corrected chi connectivity index (χ4v) is 11.5. The summed E-state index contributed by atoms with van der Waals surface area (Å²) in [6, 6.07) is 5.09. The number of Topliss-reactive ketones (excluding diaryl/α,β-unsaturated/α-hetero) is 3. The molecule has 25 nitrogen and oxygen atoms in total. The second-order valence-corrected chi connectivity index (χ2v) is 21.8. The summed E-state index contributed by atoms with van der Waals surface area (Å²) in [4.78, 5) is 169. The minimum Gasteiger partial charge on any atom is -0.481 e. The van der Waals surface area contributed by atoms with Gasteiger partial charge in [0, 0.05) is 76.1 Å². The highest BCUT2D eigenvalue weighted by Crippen LogP contribution is 2.28. The summed E-state index contributed by atoms with van der Waals surface area (Å²) in [7, 11) is 4.53. The number of amides is 7. The van der Waals surface area contributed by atoms with Crippen LogP contribution in [0.4, 0.5) is 0 Å². The Morgan fingerprint density at radius 1 is 0.792 bits per heavy atom. The number of hydrogen-bond donors (Lipinski definition) is 10. The lowest BCUT2D eigenvalue weighted by atomic mass is 9.89. The summed E-state index contributed by atoms with van der Waals surface area (Å²) >= 11 is 0.828. The highest BCUT2D eigenvalue weighted by Gasteiger charge is 2.37. The molecule has 2 saturated heterocycles. The molecule has 2 aliphatic rings. The molecule has 77 heavy (non-hydrogen) atoms. The van der Waals surface area contributed by atoms with Crippen molar-refractivity contribution >= 4 is 121 Å². The highest BCUT2D eigenvalue weighted by molar-refractivity contribution is 8.76. The van der Waals surface area contributed by atoms with Crippen LogP contribution in [0.5, 0.6) is 0 Å². The Balaban J connectivity index is 1.85. The van der Waals surface area contributed by atoms with Crippen LogP contribution in [0.25, 0.3) is 10.8 Å². The minimum absolute atomic E-state index is 0.0143. The standard InChI is InChI=1S/C49H66N10O15S3/c1-59-37(11-6-14-53-49(50)51)47(72)54-22-31(60)18-30(20-42(65)66)45(70)57-35-24-76-77-25-36(48(59)73)58-46(71)33(21-43(67)68)55-41(64)26-75-23-34(38(61)12-13-40(63)52-15-16-74-2)56-44(69)29(19-39(35)62)17-28-9-5-8-27-7-3-4-10-32(27)28/h3-5,7-10,29-30,33-37H,6,11-26H2,1-2H3,(H,52,63)(H,54,72)(H,55,64)(H,56,69)(H,57,70)(H,58,71)(H,65,66)(H,67,68)(H4,50,51,53)/t29-,30+,33+,34+,35+,36+,37+/m1/s1. The number of fused-ring (bicyclic) bond motifs is 6. The number of nitrogens with one attached hydrogen (secondary N) is 6. The number of guanidine groups is 1. The van der Waals surface area contributed by atoms with Crippen LogP contribution in [0.2, 0.25) is 0 Å². The van der Waals surface area contributed by atoms with Gasteiger partial charge in [0.05, 0.1) is 49.7 Å². The number of nitrogens with zero attached hydrogens (tertiary/aromatic N) is 2. The average Bonchev–Trinajstić information content (AvgIpc) is 3.38. The van der Waals surface area contributed by atoms with Gasteiger partial charge in [-0.3, -0.25) is 62.5 Å². The van der Waals surface area contributed by atoms with Gasteiger partial charge in [0.25, 0.3) is 0 Å². The normalized spacial score (nSPS) is 23.2. The maximum Gasteiger partial charge on any atom is 0.305 e. The Kier molecular flexibility index (Phi) is 26.1. The van der Waals surface area contributed by atoms with Gasteiger partial charge in [0.15, 0.2) is 23.3 Å². The first-order chi connectivity index (χ1) is 36.7. The molecule has 0 saturated carbocycles. The number of aliphatic carboxylic acids is 2. The number of rotatable bonds is 17. The zero-order chi connectivity index (χ0) is 56.6. The van der Waals surface area contributed by atoms with Crippen molar-refractivity contribution in [2.45, 2.75) is 88.0 Å². The fraction of sp³-hybridized carbons (Fsp3) is 0.531. The molecule has 0 aromatic heterocycles. The molecule has 2 bridgehead atoms. The first-order valence-corrected chi connectivity index (χ1v) is 28.2. The summed E-state index contributed by atoms with van der Waals surface area (Å²) in [5, 5.41) is 36.5. The molecule has 7 amide bonds. The molecule has 420 valence electrons. The second kappa shape index (κ2) is 32.1. The molecular formula is C49H66N10O15S3. The minimum atomic E-state index is -1.78. The van der Waals surface area contributed by atoms with Gasteiger partial charge in [-0.15, -0.1) is 11.8 Å². The Bertz CT molecular complexity index is 2530. The summed E-state index contributed by atoms with van der Waals surface area (Å²) < 4.78 is 4.96. The van der Waals surface area contributed by atoms with Crippen LogP contribution in [0.1, 0.15) is 56.9 Å². The van der Waals surface area contributed by atoms with E-state index in [0.29, 0.717) is 5.56 Å². The van der Waals surface area contributed by atoms with Gasteiger partial charge in [0.1, 0.15) is 18.1 Å². The van der Waals surface area contributed by atoms with E-state index in [1.165, 1.54) is 14.2 Å². The lowest BCUT2D eigenvalue weighted by Gasteiger charge is -2.31. The van der Waals surface area contributed by atoms with Gasteiger partial charge in [-0.25, -0.2) is 0 Å². The molecule has 2 aromatic carbocycles. The summed E-state index contributed by atoms with van der Waals surface area (Å²) in [5.74, 6) is -15.6. The zero-order valence-electron chi connectivity index (χ0n) is 42.6. The summed E-state index contributed by atoms with van der Waals surface area (Å²) in [5.41, 5.74) is 11.6. The molecule has 2 fully saturated rings. The number of hydrogen-bond acceptors (Lipinski definition) is 17. The van der Waals surface area contributed by atoms with Crippen LogP contribution < -0.4 is 43.4 Å². The first kappa shape index (κ1) is 62.8. The molecule has 12 N–H and O–H groups in total. The Morgan fingerprint density at radius 3 is 2.17 bits per heavy atom. The number of ketones is 3. The number of nitrogens with two attached hydrogens (primary N) is 2. The Morgan fingerprint density at radius 2 is 1.47 bits per heavy atom. The third-order valence-corrected chi connectivity index (χ3v) is 15.7. The van der Waals surface area contributed by atoms with E-state index in [0.717, 1.165) is 49.0 Å². The molecule has 0 aliphatic carbocycles. The van der Waals surface area contributed by atoms with Gasteiger partial charge in [-0.1, -0.05) is 64.1 Å². The number of likely N-dealkylation sites (N-methyl/N-ethyl adjacent to an activating group) is 1. The number of benzene rings is 2. The lowest BCUT2D eigenvalue weighted by molar-refractivity contribution is -0.143. The summed E-state index contributed by atoms with van der Waals surface area (Å²) in [6.45, 7) is -0.353. The molecular weight excluding hydrogens is 1060 g/mol. The molecule has 0 radical (unpaired) electrons. The van der Waals surface area contributed by atoms with Gasteiger partial charge in [-0.2, -0.15) is 0 Å². The van der Waals surface area contributed by atoms with E-state index in [2.05, 4.69) is 36.9 Å². The summed E-state index contributed by atoms with van der Waals surface area (Å²) in [6.07, 6.45) is -3.82. The highest BCUT2D eigenvalue weighted by atomic mass is 33.1. The Labute approximate surface area is 455 Å². The smallest absolute Gasteiger partial charge is 0.305 e. The topological polar surface area (TPSA) is 394 Å². The van der Waals surface area contributed by atoms with Crippen molar-refractivity contribution in [3.63, 3.8) is 0 Å². The van der Waals surface area contributed by atoms with Crippen LogP contribution in [-0.2, 0) is 68.7 Å². The van der Waals surface area contributed by atoms with Gasteiger partial charge < -0.3 is 63.2 Å². The van der Waals surface area contributed by atoms with E-state index in [1.54, 1.807) is 18.2 Å². The van der Waals surface area contributed by atoms with Crippen molar-refractivity contribution in [2.75, 3.05) is 63.4 Å². The van der Waals surface area contributed by atoms with E-state index in [9.17, 15) is 67.7 Å². The van der Waals surface area contributed by atoms with Gasteiger partial charge in [0.2, 0.25) is 41.4 Å². The number of aliphatic imine (C=N–C) groups is 1. The number of carbonyl (C=O) groups is 12. The maximum absolute atomic E-state index is 14.8. The van der Waals surface area contributed by atoms with Crippen LogP contribution in [0.15, 0.2) is 47.5 Å². The van der Waals surface area contributed by atoms with Gasteiger partial charge in [-0.05, 0) is 35.6 Å². The molecule has 7 atom stereocenters. The number of carboxylic acid groups (broad SMARTS) is 2. The second-order valence-electron chi connectivity index (χ2n) is 18.2. The zero-order valence-corrected chi connectivity index (χ0v) is 45.0. The molecule has 0 unspecified atom stereocenters. The predicted octanol–water partition coefficient (Wildman–Crippen LogP) is -1.33. The van der Waals surface area contributed by atoms with E-state index < -0.39 is 151 Å². The third-order valence-electron chi connectivity index (χ3n) is 12.3. The van der Waals surface area contributed by atoms with E-state index in [1.807, 2.05) is 24.3 Å². The molecule has 2 aliphatic heterocycles. The quantitative estimate of drug-likeness (QED) is 0.0380. The number of ether oxygens (including phenoxy) is 1. The SMILES string of the molecule is COCCNC(=O)CCC(=O)[C@@H]1CSCC(=O)N[C@@H](CC(=O)O)C(=O)N[C@H]2CSSC[C@H](NC(=O)[C@H](CC(=O)O)CC(=O)CNC(=O)[C@H](CCCN=C(N)N)N(C)C2=O)C(=O)C[C@@H](Cc2cccc3ccccc23)C(=O)N1. The van der Waals surface area contributed by atoms with Crippen molar-refractivity contribution in [1.29, 1.82) is 0 Å². The van der Waals surface area contributed by atoms with Crippen LogP contribution >= 0.6 is 33.3 Å². The maximum atomic E-state index is 14.8. The van der Waals surface area contributed by atoms with Gasteiger partial charge >= 0.3 is 11.9 Å². The number of thioether (sulfide) groups is 1. The number of carboxylic acids is 2. The predicted molar refractivity (Wildman–Crippen MR) is 287 cm³/mol. The number of methoxy groups -OCH3 is 1. The van der Waals surface area contributed by atoms with Crippen molar-refractivity contribution in [1.82, 2.24) is 36.8 Å². The van der Waals surface area contributed by atoms with E-state index in [4.69, 9.17) is 16.2 Å². The van der Waals surface area contributed by atoms with Crippen molar-refractivity contribution in [3.8, 4) is 0 Å². The third kappa shape index (κ3) is 21.3. The largest absolute Gasteiger partial charge is 0.481 e. The van der Waals surface area contributed by atoms with Crippen molar-refractivity contribution in [2.24, 2.45) is 28.3 Å². The van der Waals surface area contributed by atoms with E-state index in [-0.39, 0.29) is 75.0 Å². The van der Waals surface area contributed by atoms with Crippen LogP contribution in [0, 0.1) is 11.8 Å². The molecule has 2 heterocycles. The van der Waals surface area contributed by atoms with Crippen molar-refractivity contribution < 1.29 is 72.5 Å². The molecule has 28 heteroatoms. The van der Waals surface area contributed by atoms with E-state index >= 15 is 0 Å². The van der Waals surface area contributed by atoms with Crippen LogP contribution in [0.3, 0.4) is 0 Å². The number of carbonyl (C=O) groups excluding carboxylic acids is 10. The molecule has 0 spiro atoms. The van der Waals surface area contributed by atoms with Crippen molar-refractivity contribution in [3.05, 3.63) is 48.0 Å². The molecule has 2 aromatic rings. The lowest BCUT2D eigenvalue weighted by Crippen LogP contribution is -2.58.